The highest BCUT2D eigenvalue weighted by atomic mass is 19.1. The molecule has 0 aliphatic rings. The molecule has 4 rings (SSSR count). The fraction of sp³-hybridized carbons (Fsp3) is 0.250. The van der Waals surface area contributed by atoms with Crippen LogP contribution in [0.15, 0.2) is 43.2 Å². The van der Waals surface area contributed by atoms with E-state index in [-0.39, 0.29) is 6.67 Å². The van der Waals surface area contributed by atoms with Crippen LogP contribution < -0.4 is 0 Å². The van der Waals surface area contributed by atoms with Gasteiger partial charge < -0.3 is 0 Å². The first-order chi connectivity index (χ1) is 11.7. The van der Waals surface area contributed by atoms with Crippen LogP contribution in [0.5, 0.6) is 0 Å². The van der Waals surface area contributed by atoms with E-state index in [0.717, 1.165) is 28.3 Å². The number of nitrogens with zero attached hydrogens (tertiary/aromatic N) is 7. The van der Waals surface area contributed by atoms with Crippen molar-refractivity contribution in [2.75, 3.05) is 6.67 Å². The van der Waals surface area contributed by atoms with Crippen molar-refractivity contribution in [1.82, 2.24) is 33.9 Å². The molecule has 0 amide bonds. The Hall–Kier alpha value is -3.03. The average Bonchev–Trinajstić information content (AvgIpc) is 3.32. The number of fused-ring (bicyclic) bond motifs is 1. The Labute approximate surface area is 137 Å². The van der Waals surface area contributed by atoms with Crippen LogP contribution in [0.3, 0.4) is 0 Å². The van der Waals surface area contributed by atoms with Crippen LogP contribution in [0, 0.1) is 0 Å². The highest BCUT2D eigenvalue weighted by Crippen LogP contribution is 2.24. The molecule has 0 N–H and O–H groups in total. The molecule has 0 bridgehead atoms. The van der Waals surface area contributed by atoms with Gasteiger partial charge in [0.2, 0.25) is 0 Å². The highest BCUT2D eigenvalue weighted by molar-refractivity contribution is 5.68. The van der Waals surface area contributed by atoms with Crippen molar-refractivity contribution in [3.8, 4) is 22.6 Å². The van der Waals surface area contributed by atoms with Crippen molar-refractivity contribution in [3.63, 3.8) is 0 Å². The predicted molar refractivity (Wildman–Crippen MR) is 87.0 cm³/mol. The van der Waals surface area contributed by atoms with Gasteiger partial charge in [0.15, 0.2) is 0 Å². The minimum Gasteiger partial charge on any atom is -0.284 e. The van der Waals surface area contributed by atoms with E-state index in [1.54, 1.807) is 28.0 Å². The van der Waals surface area contributed by atoms with Crippen molar-refractivity contribution < 1.29 is 4.39 Å². The van der Waals surface area contributed by atoms with E-state index in [1.165, 1.54) is 0 Å². The summed E-state index contributed by atoms with van der Waals surface area (Å²) in [4.78, 5) is 9.14. The Bertz CT molecular complexity index is 981. The minimum absolute atomic E-state index is 0.351. The van der Waals surface area contributed by atoms with Gasteiger partial charge in [-0.15, -0.1) is 0 Å². The molecule has 0 fully saturated rings. The summed E-state index contributed by atoms with van der Waals surface area (Å²) in [5, 5.41) is 8.49. The first kappa shape index (κ1) is 14.6. The second-order valence-corrected chi connectivity index (χ2v) is 5.56. The van der Waals surface area contributed by atoms with Gasteiger partial charge in [0, 0.05) is 50.0 Å². The topological polar surface area (TPSA) is 65.8 Å². The van der Waals surface area contributed by atoms with Gasteiger partial charge in [0.05, 0.1) is 30.3 Å². The zero-order valence-corrected chi connectivity index (χ0v) is 13.2. The molecule has 0 saturated heterocycles. The van der Waals surface area contributed by atoms with Crippen LogP contribution in [-0.2, 0) is 13.6 Å². The van der Waals surface area contributed by atoms with Gasteiger partial charge >= 0.3 is 0 Å². The highest BCUT2D eigenvalue weighted by Gasteiger charge is 2.13. The molecule has 4 aromatic heterocycles. The Morgan fingerprint density at radius 2 is 2.00 bits per heavy atom. The Morgan fingerprint density at radius 1 is 1.12 bits per heavy atom. The molecular weight excluding hydrogens is 309 g/mol. The maximum absolute atomic E-state index is 12.3. The van der Waals surface area contributed by atoms with Gasteiger partial charge in [0.1, 0.15) is 11.5 Å². The predicted octanol–water partition coefficient (Wildman–Crippen LogP) is 2.35. The molecule has 4 aromatic rings. The van der Waals surface area contributed by atoms with Gasteiger partial charge in [-0.1, -0.05) is 0 Å². The lowest BCUT2D eigenvalue weighted by Crippen LogP contribution is -1.99. The number of alkyl halides is 1. The van der Waals surface area contributed by atoms with Gasteiger partial charge in [-0.25, -0.2) is 9.97 Å². The molecule has 0 atom stereocenters. The molecule has 0 radical (unpaired) electrons. The van der Waals surface area contributed by atoms with Crippen molar-refractivity contribution in [3.05, 3.63) is 43.2 Å². The van der Waals surface area contributed by atoms with Crippen molar-refractivity contribution in [1.29, 1.82) is 0 Å². The first-order valence-corrected chi connectivity index (χ1v) is 7.66. The van der Waals surface area contributed by atoms with Crippen LogP contribution >= 0.6 is 0 Å². The van der Waals surface area contributed by atoms with Gasteiger partial charge in [-0.3, -0.25) is 18.2 Å². The Balaban J connectivity index is 1.81. The number of hydrogen-bond acceptors (Lipinski definition) is 4. The molecule has 8 heteroatoms. The minimum atomic E-state index is -0.351. The maximum Gasteiger partial charge on any atom is 0.149 e. The molecule has 24 heavy (non-hydrogen) atoms. The first-order valence-electron chi connectivity index (χ1n) is 7.66. The monoisotopic (exact) mass is 325 g/mol. The van der Waals surface area contributed by atoms with E-state index in [2.05, 4.69) is 15.2 Å². The summed E-state index contributed by atoms with van der Waals surface area (Å²) < 4.78 is 17.7. The third kappa shape index (κ3) is 2.55. The molecular formula is C16H16FN7. The number of halogens is 1. The molecule has 122 valence electrons. The molecule has 0 saturated carbocycles. The van der Waals surface area contributed by atoms with Crippen LogP contribution in [0.4, 0.5) is 4.39 Å². The lowest BCUT2D eigenvalue weighted by atomic mass is 10.2. The third-order valence-corrected chi connectivity index (χ3v) is 3.80. The maximum atomic E-state index is 12.3. The van der Waals surface area contributed by atoms with E-state index in [9.17, 15) is 4.39 Å². The molecule has 0 aromatic carbocycles. The zero-order chi connectivity index (χ0) is 16.5. The number of rotatable bonds is 5. The summed E-state index contributed by atoms with van der Waals surface area (Å²) >= 11 is 0. The van der Waals surface area contributed by atoms with Gasteiger partial charge in [0.25, 0.3) is 0 Å². The molecule has 7 nitrogen and oxygen atoms in total. The van der Waals surface area contributed by atoms with E-state index >= 15 is 0 Å². The number of aryl methyl sites for hydroxylation is 2. The van der Waals surface area contributed by atoms with E-state index in [4.69, 9.17) is 4.98 Å². The lowest BCUT2D eigenvalue weighted by Gasteiger charge is -2.05. The molecule has 0 spiro atoms. The third-order valence-electron chi connectivity index (χ3n) is 3.80. The number of aromatic nitrogens is 7. The smallest absolute Gasteiger partial charge is 0.149 e. The summed E-state index contributed by atoms with van der Waals surface area (Å²) in [6.07, 6.45) is 11.4. The van der Waals surface area contributed by atoms with E-state index in [0.29, 0.717) is 13.0 Å². The second-order valence-electron chi connectivity index (χ2n) is 5.56. The largest absolute Gasteiger partial charge is 0.284 e. The van der Waals surface area contributed by atoms with Gasteiger partial charge in [-0.05, 0) is 6.42 Å². The standard InChI is InChI=1S/C16H16FN7/c1-22-10-12(8-19-22)14-7-15-18-4-6-24(15)16(21-14)13-9-20-23(11-13)5-2-3-17/h4,6-11H,2-3,5H2,1H3. The number of hydrogen-bond donors (Lipinski definition) is 0. The van der Waals surface area contributed by atoms with E-state index < -0.39 is 0 Å². The summed E-state index contributed by atoms with van der Waals surface area (Å²) in [5.41, 5.74) is 3.39. The van der Waals surface area contributed by atoms with E-state index in [1.807, 2.05) is 36.1 Å². The fourth-order valence-corrected chi connectivity index (χ4v) is 2.65. The molecule has 0 unspecified atom stereocenters. The van der Waals surface area contributed by atoms with Crippen molar-refractivity contribution in [2.45, 2.75) is 13.0 Å². The normalized spacial score (nSPS) is 11.4. The second kappa shape index (κ2) is 5.88. The number of imidazole rings is 1. The van der Waals surface area contributed by atoms with Crippen LogP contribution in [0.2, 0.25) is 0 Å². The van der Waals surface area contributed by atoms with Crippen molar-refractivity contribution >= 4 is 5.65 Å². The molecule has 0 aliphatic heterocycles. The average molecular weight is 325 g/mol. The molecule has 4 heterocycles. The van der Waals surface area contributed by atoms with Crippen LogP contribution in [-0.4, -0.2) is 40.6 Å². The SMILES string of the molecule is Cn1cc(-c2cc3nccn3c(-c3cnn(CCCF)c3)n2)cn1. The van der Waals surface area contributed by atoms with Crippen LogP contribution in [0.1, 0.15) is 6.42 Å². The summed E-state index contributed by atoms with van der Waals surface area (Å²) in [6.45, 7) is 0.196. The zero-order valence-electron chi connectivity index (χ0n) is 13.2. The summed E-state index contributed by atoms with van der Waals surface area (Å²) in [5.74, 6) is 0.746. The summed E-state index contributed by atoms with van der Waals surface area (Å²) in [7, 11) is 1.87. The molecule has 0 aliphatic carbocycles. The van der Waals surface area contributed by atoms with Crippen molar-refractivity contribution in [2.24, 2.45) is 7.05 Å². The summed E-state index contributed by atoms with van der Waals surface area (Å²) in [6, 6.07) is 1.92. The van der Waals surface area contributed by atoms with Gasteiger partial charge in [-0.2, -0.15) is 10.2 Å². The quantitative estimate of drug-likeness (QED) is 0.565. The Morgan fingerprint density at radius 3 is 2.79 bits per heavy atom. The lowest BCUT2D eigenvalue weighted by molar-refractivity contribution is 0.435. The fourth-order valence-electron chi connectivity index (χ4n) is 2.65. The Kier molecular flexibility index (Phi) is 3.56. The van der Waals surface area contributed by atoms with Crippen LogP contribution in [0.25, 0.3) is 28.3 Å².